The van der Waals surface area contributed by atoms with Crippen LogP contribution in [0.2, 0.25) is 0 Å². The predicted octanol–water partition coefficient (Wildman–Crippen LogP) is 2.06. The highest BCUT2D eigenvalue weighted by molar-refractivity contribution is 5.93. The van der Waals surface area contributed by atoms with Crippen LogP contribution in [-0.2, 0) is 6.42 Å². The minimum absolute atomic E-state index is 0.0615. The van der Waals surface area contributed by atoms with Crippen molar-refractivity contribution in [3.05, 3.63) is 65.0 Å². The summed E-state index contributed by atoms with van der Waals surface area (Å²) >= 11 is 0. The third-order valence-electron chi connectivity index (χ3n) is 3.18. The van der Waals surface area contributed by atoms with Crippen molar-refractivity contribution in [1.82, 2.24) is 10.3 Å². The van der Waals surface area contributed by atoms with Crippen molar-refractivity contribution in [3.63, 3.8) is 0 Å². The lowest BCUT2D eigenvalue weighted by Crippen LogP contribution is -2.26. The highest BCUT2D eigenvalue weighted by atomic mass is 16.4. The van der Waals surface area contributed by atoms with Crippen molar-refractivity contribution in [3.8, 4) is 0 Å². The van der Waals surface area contributed by atoms with E-state index in [9.17, 15) is 9.59 Å². The van der Waals surface area contributed by atoms with E-state index in [1.807, 2.05) is 31.2 Å². The molecule has 21 heavy (non-hydrogen) atoms. The van der Waals surface area contributed by atoms with Gasteiger partial charge in [-0.3, -0.25) is 9.78 Å². The lowest BCUT2D eigenvalue weighted by molar-refractivity contribution is 0.0695. The molecule has 5 nitrogen and oxygen atoms in total. The van der Waals surface area contributed by atoms with Crippen molar-refractivity contribution in [2.45, 2.75) is 13.3 Å². The average Bonchev–Trinajstić information content (AvgIpc) is 2.49. The Kier molecular flexibility index (Phi) is 4.66. The standard InChI is InChI=1S/C16H16N2O3/c1-11-4-2-3-5-12(11)8-9-17-15(19)14-7-6-13(10-18-14)16(20)21/h2-7,10H,8-9H2,1H3,(H,17,19)(H,20,21). The number of aromatic carboxylic acids is 1. The minimum Gasteiger partial charge on any atom is -0.478 e. The van der Waals surface area contributed by atoms with E-state index >= 15 is 0 Å². The van der Waals surface area contributed by atoms with Gasteiger partial charge in [-0.1, -0.05) is 24.3 Å². The molecule has 0 saturated carbocycles. The topological polar surface area (TPSA) is 79.3 Å². The summed E-state index contributed by atoms with van der Waals surface area (Å²) in [7, 11) is 0. The maximum absolute atomic E-state index is 11.9. The zero-order valence-corrected chi connectivity index (χ0v) is 11.7. The molecule has 1 aromatic carbocycles. The first-order chi connectivity index (χ1) is 10.1. The lowest BCUT2D eigenvalue weighted by atomic mass is 10.1. The minimum atomic E-state index is -1.06. The van der Waals surface area contributed by atoms with E-state index in [0.717, 1.165) is 6.42 Å². The second kappa shape index (κ2) is 6.65. The molecule has 1 heterocycles. The molecule has 0 bridgehead atoms. The van der Waals surface area contributed by atoms with E-state index in [1.54, 1.807) is 0 Å². The largest absolute Gasteiger partial charge is 0.478 e. The number of aryl methyl sites for hydroxylation is 1. The summed E-state index contributed by atoms with van der Waals surface area (Å²) in [4.78, 5) is 26.4. The zero-order valence-electron chi connectivity index (χ0n) is 11.7. The normalized spacial score (nSPS) is 10.1. The molecule has 1 amide bonds. The number of nitrogens with zero attached hydrogens (tertiary/aromatic N) is 1. The molecule has 0 atom stereocenters. The van der Waals surface area contributed by atoms with Crippen LogP contribution in [0, 0.1) is 6.92 Å². The fourth-order valence-electron chi connectivity index (χ4n) is 1.95. The van der Waals surface area contributed by atoms with Gasteiger partial charge in [0.1, 0.15) is 5.69 Å². The van der Waals surface area contributed by atoms with Crippen LogP contribution in [0.15, 0.2) is 42.6 Å². The number of carbonyl (C=O) groups is 2. The molecule has 0 radical (unpaired) electrons. The van der Waals surface area contributed by atoms with Crippen LogP contribution in [0.3, 0.4) is 0 Å². The van der Waals surface area contributed by atoms with Crippen molar-refractivity contribution in [2.24, 2.45) is 0 Å². The summed E-state index contributed by atoms with van der Waals surface area (Å²) in [6.07, 6.45) is 1.92. The molecule has 0 saturated heterocycles. The summed E-state index contributed by atoms with van der Waals surface area (Å²) in [5.74, 6) is -1.37. The molecule has 0 unspecified atom stereocenters. The number of amides is 1. The van der Waals surface area contributed by atoms with Gasteiger partial charge in [-0.05, 0) is 36.6 Å². The Bertz CT molecular complexity index is 651. The van der Waals surface area contributed by atoms with Crippen molar-refractivity contribution >= 4 is 11.9 Å². The summed E-state index contributed by atoms with van der Waals surface area (Å²) in [5.41, 5.74) is 2.65. The lowest BCUT2D eigenvalue weighted by Gasteiger charge is -2.07. The Morgan fingerprint density at radius 2 is 1.95 bits per heavy atom. The van der Waals surface area contributed by atoms with E-state index in [4.69, 9.17) is 5.11 Å². The summed E-state index contributed by atoms with van der Waals surface area (Å²) in [6, 6.07) is 10.8. The van der Waals surface area contributed by atoms with E-state index in [2.05, 4.69) is 10.3 Å². The first-order valence-electron chi connectivity index (χ1n) is 6.60. The second-order valence-corrected chi connectivity index (χ2v) is 4.67. The third-order valence-corrected chi connectivity index (χ3v) is 3.18. The molecule has 1 aromatic heterocycles. The third kappa shape index (κ3) is 3.89. The fourth-order valence-corrected chi connectivity index (χ4v) is 1.95. The molecule has 2 aromatic rings. The number of carbonyl (C=O) groups excluding carboxylic acids is 1. The number of carboxylic acid groups (broad SMARTS) is 1. The Labute approximate surface area is 122 Å². The number of hydrogen-bond acceptors (Lipinski definition) is 3. The number of nitrogens with one attached hydrogen (secondary N) is 1. The molecule has 0 fully saturated rings. The number of rotatable bonds is 5. The van der Waals surface area contributed by atoms with E-state index in [0.29, 0.717) is 6.54 Å². The fraction of sp³-hybridized carbons (Fsp3) is 0.188. The van der Waals surface area contributed by atoms with Gasteiger partial charge in [-0.15, -0.1) is 0 Å². The predicted molar refractivity (Wildman–Crippen MR) is 78.4 cm³/mol. The Hall–Kier alpha value is -2.69. The summed E-state index contributed by atoms with van der Waals surface area (Å²) < 4.78 is 0. The van der Waals surface area contributed by atoms with Gasteiger partial charge in [0.05, 0.1) is 5.56 Å². The van der Waals surface area contributed by atoms with Gasteiger partial charge >= 0.3 is 5.97 Å². The summed E-state index contributed by atoms with van der Waals surface area (Å²) in [5, 5.41) is 11.5. The molecule has 0 aliphatic rings. The van der Waals surface area contributed by atoms with Crippen LogP contribution < -0.4 is 5.32 Å². The van der Waals surface area contributed by atoms with Gasteiger partial charge in [-0.2, -0.15) is 0 Å². The van der Waals surface area contributed by atoms with Crippen LogP contribution in [0.25, 0.3) is 0 Å². The maximum atomic E-state index is 11.9. The number of benzene rings is 1. The van der Waals surface area contributed by atoms with Gasteiger partial charge in [0.25, 0.3) is 5.91 Å². The van der Waals surface area contributed by atoms with Gasteiger partial charge in [-0.25, -0.2) is 4.79 Å². The maximum Gasteiger partial charge on any atom is 0.337 e. The van der Waals surface area contributed by atoms with Crippen LogP contribution >= 0.6 is 0 Å². The molecular weight excluding hydrogens is 268 g/mol. The first-order valence-corrected chi connectivity index (χ1v) is 6.60. The van der Waals surface area contributed by atoms with E-state index in [1.165, 1.54) is 29.5 Å². The summed E-state index contributed by atoms with van der Waals surface area (Å²) in [6.45, 7) is 2.54. The molecular formula is C16H16N2O3. The highest BCUT2D eigenvalue weighted by Gasteiger charge is 2.09. The highest BCUT2D eigenvalue weighted by Crippen LogP contribution is 2.07. The average molecular weight is 284 g/mol. The van der Waals surface area contributed by atoms with Crippen LogP contribution in [0.1, 0.15) is 32.0 Å². The smallest absolute Gasteiger partial charge is 0.337 e. The van der Waals surface area contributed by atoms with Crippen molar-refractivity contribution in [2.75, 3.05) is 6.54 Å². The Balaban J connectivity index is 1.90. The molecule has 2 rings (SSSR count). The second-order valence-electron chi connectivity index (χ2n) is 4.67. The monoisotopic (exact) mass is 284 g/mol. The van der Waals surface area contributed by atoms with Gasteiger partial charge in [0.15, 0.2) is 0 Å². The Morgan fingerprint density at radius 3 is 2.57 bits per heavy atom. The number of pyridine rings is 1. The van der Waals surface area contributed by atoms with Gasteiger partial charge < -0.3 is 10.4 Å². The molecule has 5 heteroatoms. The first kappa shape index (κ1) is 14.7. The number of hydrogen-bond donors (Lipinski definition) is 2. The quantitative estimate of drug-likeness (QED) is 0.880. The van der Waals surface area contributed by atoms with Crippen molar-refractivity contribution < 1.29 is 14.7 Å². The molecule has 0 aliphatic heterocycles. The van der Waals surface area contributed by atoms with E-state index in [-0.39, 0.29) is 17.2 Å². The van der Waals surface area contributed by atoms with Crippen LogP contribution in [-0.4, -0.2) is 28.5 Å². The number of carboxylic acids is 1. The molecule has 2 N–H and O–H groups in total. The zero-order chi connectivity index (χ0) is 15.2. The van der Waals surface area contributed by atoms with Gasteiger partial charge in [0.2, 0.25) is 0 Å². The SMILES string of the molecule is Cc1ccccc1CCNC(=O)c1ccc(C(=O)O)cn1. The Morgan fingerprint density at radius 1 is 1.19 bits per heavy atom. The van der Waals surface area contributed by atoms with Crippen molar-refractivity contribution in [1.29, 1.82) is 0 Å². The van der Waals surface area contributed by atoms with E-state index < -0.39 is 5.97 Å². The van der Waals surface area contributed by atoms with Gasteiger partial charge in [0, 0.05) is 12.7 Å². The molecule has 0 spiro atoms. The van der Waals surface area contributed by atoms with Crippen LogP contribution in [0.5, 0.6) is 0 Å². The molecule has 0 aliphatic carbocycles. The number of aromatic nitrogens is 1. The van der Waals surface area contributed by atoms with Crippen LogP contribution in [0.4, 0.5) is 0 Å². The molecule has 108 valence electrons.